The summed E-state index contributed by atoms with van der Waals surface area (Å²) in [5.41, 5.74) is 9.78. The Kier molecular flexibility index (Phi) is 3.03. The van der Waals surface area contributed by atoms with E-state index in [0.29, 0.717) is 0 Å². The molecule has 0 amide bonds. The van der Waals surface area contributed by atoms with Crippen molar-refractivity contribution in [2.24, 2.45) is 0 Å². The van der Waals surface area contributed by atoms with Crippen molar-refractivity contribution in [1.82, 2.24) is 9.97 Å². The molecule has 4 aromatic carbocycles. The number of rotatable bonds is 2. The van der Waals surface area contributed by atoms with E-state index in [0.717, 1.165) is 11.4 Å². The standard InChI is InChI=1S/C28H18N2/c1-3-13-22-18(7-1)15-24(29-22)27-20-11-5-9-17-10-6-12-21(26(17)20)28(27)25-16-19-8-2-4-14-23(19)30-25/h1-16,29-30H. The largest absolute Gasteiger partial charge is 0.354 e. The second-order valence-electron chi connectivity index (χ2n) is 8.00. The minimum Gasteiger partial charge on any atom is -0.354 e. The highest BCUT2D eigenvalue weighted by atomic mass is 14.7. The smallest absolute Gasteiger partial charge is 0.0478 e. The lowest BCUT2D eigenvalue weighted by molar-refractivity contribution is 1.38. The molecule has 1 aliphatic carbocycles. The van der Waals surface area contributed by atoms with Gasteiger partial charge in [-0.05, 0) is 46.2 Å². The van der Waals surface area contributed by atoms with Crippen LogP contribution in [0.4, 0.5) is 0 Å². The molecule has 30 heavy (non-hydrogen) atoms. The first-order valence-electron chi connectivity index (χ1n) is 10.3. The van der Waals surface area contributed by atoms with E-state index in [1.807, 2.05) is 0 Å². The normalized spacial score (nSPS) is 13.2. The molecular formula is C28H18N2. The monoisotopic (exact) mass is 382 g/mol. The minimum atomic E-state index is 1.16. The summed E-state index contributed by atoms with van der Waals surface area (Å²) in [5.74, 6) is 0. The lowest BCUT2D eigenvalue weighted by Gasteiger charge is -2.07. The first-order chi connectivity index (χ1) is 14.9. The van der Waals surface area contributed by atoms with E-state index in [9.17, 15) is 0 Å². The molecule has 2 heterocycles. The molecule has 2 aromatic heterocycles. The Morgan fingerprint density at radius 3 is 1.40 bits per heavy atom. The van der Waals surface area contributed by atoms with E-state index in [1.165, 1.54) is 54.9 Å². The van der Waals surface area contributed by atoms with Gasteiger partial charge in [0.2, 0.25) is 0 Å². The van der Waals surface area contributed by atoms with Gasteiger partial charge in [-0.1, -0.05) is 72.8 Å². The third kappa shape index (κ3) is 2.08. The van der Waals surface area contributed by atoms with Crippen LogP contribution >= 0.6 is 0 Å². The van der Waals surface area contributed by atoms with Crippen LogP contribution in [0.2, 0.25) is 0 Å². The Morgan fingerprint density at radius 2 is 0.900 bits per heavy atom. The van der Waals surface area contributed by atoms with Crippen molar-refractivity contribution < 1.29 is 0 Å². The van der Waals surface area contributed by atoms with E-state index in [2.05, 4.69) is 107 Å². The number of fused-ring (bicyclic) bond motifs is 2. The maximum absolute atomic E-state index is 3.68. The van der Waals surface area contributed by atoms with Gasteiger partial charge in [0, 0.05) is 44.3 Å². The summed E-state index contributed by atoms with van der Waals surface area (Å²) in [6.07, 6.45) is 0. The number of aromatic amines is 2. The zero-order valence-corrected chi connectivity index (χ0v) is 16.2. The van der Waals surface area contributed by atoms with Gasteiger partial charge in [-0.2, -0.15) is 0 Å². The van der Waals surface area contributed by atoms with Crippen molar-refractivity contribution in [3.05, 3.63) is 120 Å². The average Bonchev–Trinajstić information content (AvgIpc) is 3.47. The Bertz CT molecular complexity index is 1460. The summed E-state index contributed by atoms with van der Waals surface area (Å²) in [4.78, 5) is 7.35. The number of nitrogens with one attached hydrogen (secondary N) is 2. The topological polar surface area (TPSA) is 31.6 Å². The van der Waals surface area contributed by atoms with E-state index >= 15 is 0 Å². The number of aromatic nitrogens is 2. The van der Waals surface area contributed by atoms with Crippen molar-refractivity contribution in [1.29, 1.82) is 0 Å². The molecule has 140 valence electrons. The van der Waals surface area contributed by atoms with E-state index < -0.39 is 0 Å². The van der Waals surface area contributed by atoms with Crippen LogP contribution in [-0.4, -0.2) is 9.97 Å². The molecule has 2 nitrogen and oxygen atoms in total. The highest BCUT2D eigenvalue weighted by Crippen LogP contribution is 2.48. The molecule has 0 saturated carbocycles. The SMILES string of the molecule is c1ccc2[nH]c(C3=C(c4cc5ccccc5[nH]4)c4cccc5cccc3c45)cc2c1. The van der Waals surface area contributed by atoms with Crippen molar-refractivity contribution in [2.75, 3.05) is 0 Å². The number of H-pyrrole nitrogens is 2. The molecule has 7 rings (SSSR count). The summed E-state index contributed by atoms with van der Waals surface area (Å²) in [5, 5.41) is 5.09. The molecule has 0 fully saturated rings. The van der Waals surface area contributed by atoms with Gasteiger partial charge in [0.25, 0.3) is 0 Å². The maximum atomic E-state index is 3.68. The average molecular weight is 382 g/mol. The van der Waals surface area contributed by atoms with Crippen LogP contribution in [0.1, 0.15) is 22.5 Å². The van der Waals surface area contributed by atoms with Crippen LogP contribution in [0, 0.1) is 0 Å². The van der Waals surface area contributed by atoms with Gasteiger partial charge in [-0.15, -0.1) is 0 Å². The Labute approximate surface area is 173 Å². The third-order valence-corrected chi connectivity index (χ3v) is 6.29. The highest BCUT2D eigenvalue weighted by Gasteiger charge is 2.27. The molecule has 2 heteroatoms. The quantitative estimate of drug-likeness (QED) is 0.319. The molecule has 0 radical (unpaired) electrons. The lowest BCUT2D eigenvalue weighted by atomic mass is 9.99. The molecule has 6 aromatic rings. The molecule has 1 aliphatic rings. The number of hydrogen-bond donors (Lipinski definition) is 2. The van der Waals surface area contributed by atoms with E-state index in [4.69, 9.17) is 0 Å². The Morgan fingerprint density at radius 1 is 0.433 bits per heavy atom. The fraction of sp³-hybridized carbons (Fsp3) is 0. The Hall–Kier alpha value is -4.04. The van der Waals surface area contributed by atoms with Crippen molar-refractivity contribution >= 4 is 43.7 Å². The van der Waals surface area contributed by atoms with Crippen LogP contribution in [0.3, 0.4) is 0 Å². The summed E-state index contributed by atoms with van der Waals surface area (Å²) < 4.78 is 0. The first kappa shape index (κ1) is 15.8. The van der Waals surface area contributed by atoms with Crippen molar-refractivity contribution in [3.63, 3.8) is 0 Å². The molecular weight excluding hydrogens is 364 g/mol. The van der Waals surface area contributed by atoms with E-state index in [-0.39, 0.29) is 0 Å². The molecule has 0 bridgehead atoms. The van der Waals surface area contributed by atoms with Gasteiger partial charge in [0.15, 0.2) is 0 Å². The fourth-order valence-electron chi connectivity index (χ4n) is 5.00. The number of hydrogen-bond acceptors (Lipinski definition) is 0. The lowest BCUT2D eigenvalue weighted by Crippen LogP contribution is -1.91. The number of para-hydroxylation sites is 2. The minimum absolute atomic E-state index is 1.16. The van der Waals surface area contributed by atoms with Crippen LogP contribution in [0.25, 0.3) is 43.7 Å². The molecule has 0 atom stereocenters. The van der Waals surface area contributed by atoms with Crippen LogP contribution in [0.5, 0.6) is 0 Å². The van der Waals surface area contributed by atoms with Gasteiger partial charge in [-0.3, -0.25) is 0 Å². The van der Waals surface area contributed by atoms with Crippen LogP contribution < -0.4 is 0 Å². The molecule has 0 spiro atoms. The summed E-state index contributed by atoms with van der Waals surface area (Å²) in [6, 6.07) is 34.8. The van der Waals surface area contributed by atoms with Crippen LogP contribution in [-0.2, 0) is 0 Å². The predicted octanol–water partition coefficient (Wildman–Crippen LogP) is 7.12. The maximum Gasteiger partial charge on any atom is 0.0478 e. The van der Waals surface area contributed by atoms with Crippen molar-refractivity contribution in [3.8, 4) is 0 Å². The summed E-state index contributed by atoms with van der Waals surface area (Å²) in [6.45, 7) is 0. The predicted molar refractivity (Wildman–Crippen MR) is 126 cm³/mol. The first-order valence-corrected chi connectivity index (χ1v) is 10.3. The molecule has 2 N–H and O–H groups in total. The van der Waals surface area contributed by atoms with Gasteiger partial charge >= 0.3 is 0 Å². The van der Waals surface area contributed by atoms with Gasteiger partial charge in [-0.25, -0.2) is 0 Å². The number of benzene rings is 4. The summed E-state index contributed by atoms with van der Waals surface area (Å²) >= 11 is 0. The zero-order valence-electron chi connectivity index (χ0n) is 16.2. The molecule has 0 unspecified atom stereocenters. The van der Waals surface area contributed by atoms with Crippen molar-refractivity contribution in [2.45, 2.75) is 0 Å². The molecule has 0 saturated heterocycles. The highest BCUT2D eigenvalue weighted by molar-refractivity contribution is 6.20. The zero-order chi connectivity index (χ0) is 19.7. The summed E-state index contributed by atoms with van der Waals surface area (Å²) in [7, 11) is 0. The molecule has 0 aliphatic heterocycles. The Balaban J connectivity index is 1.61. The van der Waals surface area contributed by atoms with Gasteiger partial charge < -0.3 is 9.97 Å². The third-order valence-electron chi connectivity index (χ3n) is 6.29. The second-order valence-corrected chi connectivity index (χ2v) is 8.00. The van der Waals surface area contributed by atoms with Crippen LogP contribution in [0.15, 0.2) is 97.1 Å². The van der Waals surface area contributed by atoms with E-state index in [1.54, 1.807) is 0 Å². The van der Waals surface area contributed by atoms with Gasteiger partial charge in [0.1, 0.15) is 0 Å². The van der Waals surface area contributed by atoms with Gasteiger partial charge in [0.05, 0.1) is 0 Å². The second kappa shape index (κ2) is 5.74. The fourth-order valence-corrected chi connectivity index (χ4v) is 5.00.